The molecule has 0 atom stereocenters. The summed E-state index contributed by atoms with van der Waals surface area (Å²) in [5.74, 6) is -0.265. The Morgan fingerprint density at radius 3 is 1.73 bits per heavy atom. The average Bonchev–Trinajstić information content (AvgIpc) is 1.87. The van der Waals surface area contributed by atoms with Crippen molar-refractivity contribution in [2.75, 3.05) is 6.54 Å². The maximum Gasteiger partial charge on any atom is 0.157 e. The number of carbonyl (C=O) groups excluding carboxylic acids is 2. The van der Waals surface area contributed by atoms with Gasteiger partial charge in [0.2, 0.25) is 0 Å². The van der Waals surface area contributed by atoms with Crippen molar-refractivity contribution >= 4 is 11.6 Å². The van der Waals surface area contributed by atoms with Crippen LogP contribution in [-0.2, 0) is 9.59 Å². The van der Waals surface area contributed by atoms with Crippen LogP contribution in [0.1, 0.15) is 27.7 Å². The van der Waals surface area contributed by atoms with E-state index in [-0.39, 0.29) is 11.6 Å². The van der Waals surface area contributed by atoms with Crippen LogP contribution in [0.2, 0.25) is 0 Å². The third kappa shape index (κ3) is 2.12. The van der Waals surface area contributed by atoms with Crippen LogP contribution in [0.4, 0.5) is 0 Å². The van der Waals surface area contributed by atoms with E-state index in [1.807, 2.05) is 6.92 Å². The van der Waals surface area contributed by atoms with Gasteiger partial charge in [0.1, 0.15) is 5.54 Å². The van der Waals surface area contributed by atoms with Gasteiger partial charge in [0.25, 0.3) is 0 Å². The Kier molecular flexibility index (Phi) is 3.39. The molecule has 0 aromatic rings. The number of nitrogens with one attached hydrogen (secondary N) is 1. The first-order valence-corrected chi connectivity index (χ1v) is 3.72. The van der Waals surface area contributed by atoms with E-state index in [2.05, 4.69) is 5.32 Å². The zero-order valence-corrected chi connectivity index (χ0v) is 7.52. The lowest BCUT2D eigenvalue weighted by atomic mass is 9.93. The van der Waals surface area contributed by atoms with E-state index in [1.165, 1.54) is 13.8 Å². The van der Waals surface area contributed by atoms with Gasteiger partial charge in [0.15, 0.2) is 11.6 Å². The number of likely N-dealkylation sites (N-methyl/N-ethyl adjacent to an activating group) is 1. The first kappa shape index (κ1) is 10.3. The standard InChI is InChI=1S/C8H15NO2/c1-5-9-8(4,6(2)10)7(3)11/h9H,5H2,1-4H3. The zero-order chi connectivity index (χ0) is 9.07. The normalized spacial score (nSPS) is 11.3. The summed E-state index contributed by atoms with van der Waals surface area (Å²) in [4.78, 5) is 22.0. The molecule has 3 nitrogen and oxygen atoms in total. The van der Waals surface area contributed by atoms with E-state index in [4.69, 9.17) is 0 Å². The summed E-state index contributed by atoms with van der Waals surface area (Å²) < 4.78 is 0. The van der Waals surface area contributed by atoms with E-state index < -0.39 is 5.54 Å². The molecule has 0 aromatic heterocycles. The Morgan fingerprint density at radius 2 is 1.64 bits per heavy atom. The van der Waals surface area contributed by atoms with Crippen LogP contribution in [0, 0.1) is 0 Å². The van der Waals surface area contributed by atoms with Crippen LogP contribution in [0.3, 0.4) is 0 Å². The van der Waals surface area contributed by atoms with Gasteiger partial charge in [0.05, 0.1) is 0 Å². The maximum absolute atomic E-state index is 11.0. The van der Waals surface area contributed by atoms with E-state index in [0.29, 0.717) is 6.54 Å². The summed E-state index contributed by atoms with van der Waals surface area (Å²) in [6, 6.07) is 0. The van der Waals surface area contributed by atoms with Crippen LogP contribution < -0.4 is 5.32 Å². The molecule has 0 amide bonds. The minimum atomic E-state index is -0.977. The van der Waals surface area contributed by atoms with Crippen LogP contribution in [0.25, 0.3) is 0 Å². The van der Waals surface area contributed by atoms with Crippen molar-refractivity contribution < 1.29 is 9.59 Å². The lowest BCUT2D eigenvalue weighted by Gasteiger charge is -2.23. The van der Waals surface area contributed by atoms with Gasteiger partial charge in [-0.2, -0.15) is 0 Å². The Balaban J connectivity index is 4.52. The summed E-state index contributed by atoms with van der Waals surface area (Å²) in [6.45, 7) is 6.94. The minimum absolute atomic E-state index is 0.133. The third-order valence-electron chi connectivity index (χ3n) is 1.94. The molecule has 1 N–H and O–H groups in total. The molecule has 0 unspecified atom stereocenters. The van der Waals surface area contributed by atoms with Crippen molar-refractivity contribution in [2.45, 2.75) is 33.2 Å². The molecule has 0 saturated heterocycles. The van der Waals surface area contributed by atoms with Crippen molar-refractivity contribution in [3.63, 3.8) is 0 Å². The van der Waals surface area contributed by atoms with Crippen molar-refractivity contribution in [2.24, 2.45) is 0 Å². The number of rotatable bonds is 4. The molecule has 0 fully saturated rings. The molecule has 0 aliphatic rings. The second kappa shape index (κ2) is 3.62. The summed E-state index contributed by atoms with van der Waals surface area (Å²) in [5.41, 5.74) is -0.977. The predicted molar refractivity (Wildman–Crippen MR) is 43.4 cm³/mol. The van der Waals surface area contributed by atoms with Gasteiger partial charge < -0.3 is 0 Å². The monoisotopic (exact) mass is 157 g/mol. The highest BCUT2D eigenvalue weighted by molar-refractivity contribution is 6.09. The highest BCUT2D eigenvalue weighted by Gasteiger charge is 2.33. The number of Topliss-reactive ketones (excluding diaryl/α,β-unsaturated/α-hetero) is 2. The van der Waals surface area contributed by atoms with Crippen molar-refractivity contribution in [3.05, 3.63) is 0 Å². The molecule has 0 spiro atoms. The van der Waals surface area contributed by atoms with Crippen molar-refractivity contribution in [1.82, 2.24) is 5.32 Å². The molecule has 11 heavy (non-hydrogen) atoms. The SMILES string of the molecule is CCNC(C)(C(C)=O)C(C)=O. The molecular formula is C8H15NO2. The van der Waals surface area contributed by atoms with Crippen molar-refractivity contribution in [1.29, 1.82) is 0 Å². The molecule has 0 rings (SSSR count). The topological polar surface area (TPSA) is 46.2 Å². The quantitative estimate of drug-likeness (QED) is 0.605. The fourth-order valence-electron chi connectivity index (χ4n) is 0.850. The lowest BCUT2D eigenvalue weighted by molar-refractivity contribution is -0.133. The molecule has 0 saturated carbocycles. The fourth-order valence-corrected chi connectivity index (χ4v) is 0.850. The van der Waals surface area contributed by atoms with E-state index in [1.54, 1.807) is 6.92 Å². The summed E-state index contributed by atoms with van der Waals surface area (Å²) in [5, 5.41) is 2.86. The van der Waals surface area contributed by atoms with Gasteiger partial charge in [-0.25, -0.2) is 0 Å². The van der Waals surface area contributed by atoms with Gasteiger partial charge in [-0.05, 0) is 27.3 Å². The Labute approximate surface area is 67.2 Å². The molecule has 3 heteroatoms. The number of ketones is 2. The van der Waals surface area contributed by atoms with Gasteiger partial charge in [-0.3, -0.25) is 14.9 Å². The van der Waals surface area contributed by atoms with Gasteiger partial charge in [-0.1, -0.05) is 6.92 Å². The first-order chi connectivity index (χ1) is 4.95. The van der Waals surface area contributed by atoms with Crippen LogP contribution in [-0.4, -0.2) is 23.7 Å². The molecule has 0 radical (unpaired) electrons. The van der Waals surface area contributed by atoms with Crippen molar-refractivity contribution in [3.8, 4) is 0 Å². The van der Waals surface area contributed by atoms with Crippen LogP contribution in [0.5, 0.6) is 0 Å². The van der Waals surface area contributed by atoms with Gasteiger partial charge >= 0.3 is 0 Å². The summed E-state index contributed by atoms with van der Waals surface area (Å²) in [6.07, 6.45) is 0. The minimum Gasteiger partial charge on any atom is -0.299 e. The Hall–Kier alpha value is -0.700. The average molecular weight is 157 g/mol. The smallest absolute Gasteiger partial charge is 0.157 e. The molecule has 0 aliphatic heterocycles. The second-order valence-electron chi connectivity index (χ2n) is 2.77. The largest absolute Gasteiger partial charge is 0.299 e. The van der Waals surface area contributed by atoms with Crippen LogP contribution in [0.15, 0.2) is 0 Å². The maximum atomic E-state index is 11.0. The Morgan fingerprint density at radius 1 is 1.27 bits per heavy atom. The highest BCUT2D eigenvalue weighted by atomic mass is 16.2. The number of hydrogen-bond donors (Lipinski definition) is 1. The van der Waals surface area contributed by atoms with E-state index in [0.717, 1.165) is 0 Å². The van der Waals surface area contributed by atoms with E-state index in [9.17, 15) is 9.59 Å². The summed E-state index contributed by atoms with van der Waals surface area (Å²) in [7, 11) is 0. The molecule has 0 heterocycles. The first-order valence-electron chi connectivity index (χ1n) is 3.72. The highest BCUT2D eigenvalue weighted by Crippen LogP contribution is 2.05. The zero-order valence-electron chi connectivity index (χ0n) is 7.52. The van der Waals surface area contributed by atoms with Crippen LogP contribution >= 0.6 is 0 Å². The predicted octanol–water partition coefficient (Wildman–Crippen LogP) is 0.533. The second-order valence-corrected chi connectivity index (χ2v) is 2.77. The van der Waals surface area contributed by atoms with Gasteiger partial charge in [0, 0.05) is 0 Å². The molecule has 0 aromatic carbocycles. The molecule has 0 bridgehead atoms. The third-order valence-corrected chi connectivity index (χ3v) is 1.94. The molecule has 0 aliphatic carbocycles. The number of hydrogen-bond acceptors (Lipinski definition) is 3. The summed E-state index contributed by atoms with van der Waals surface area (Å²) >= 11 is 0. The lowest BCUT2D eigenvalue weighted by Crippen LogP contribution is -2.53. The number of carbonyl (C=O) groups is 2. The molecular weight excluding hydrogens is 142 g/mol. The van der Waals surface area contributed by atoms with Gasteiger partial charge in [-0.15, -0.1) is 0 Å². The molecule has 64 valence electrons. The fraction of sp³-hybridized carbons (Fsp3) is 0.750. The Bertz CT molecular complexity index is 161. The van der Waals surface area contributed by atoms with E-state index >= 15 is 0 Å².